The fourth-order valence-electron chi connectivity index (χ4n) is 8.31. The Hall–Kier alpha value is -2.26. The molecular formula is C48H91N5O8. The second-order valence-corrected chi connectivity index (χ2v) is 17.6. The normalized spacial score (nSPS) is 20.9. The topological polar surface area (TPSA) is 232 Å². The number of nitrogens with zero attached hydrogens (tertiary/aromatic N) is 1. The van der Waals surface area contributed by atoms with Crippen molar-refractivity contribution in [2.75, 3.05) is 26.2 Å². The van der Waals surface area contributed by atoms with E-state index in [2.05, 4.69) is 31.3 Å². The molecule has 13 heteroatoms. The van der Waals surface area contributed by atoms with Crippen LogP contribution in [0.15, 0.2) is 12.2 Å². The second-order valence-electron chi connectivity index (χ2n) is 17.6. The molecule has 0 aliphatic carbocycles. The van der Waals surface area contributed by atoms with E-state index in [4.69, 9.17) is 21.9 Å². The van der Waals surface area contributed by atoms with Gasteiger partial charge in [-0.05, 0) is 38.5 Å². The number of nitrogens with two attached hydrogens (primary N) is 3. The highest BCUT2D eigenvalue weighted by atomic mass is 16.6. The minimum Gasteiger partial charge on any atom is -0.394 e. The molecule has 1 rings (SSSR count). The maximum absolute atomic E-state index is 14.1. The second kappa shape index (κ2) is 36.1. The summed E-state index contributed by atoms with van der Waals surface area (Å²) in [7, 11) is 0. The summed E-state index contributed by atoms with van der Waals surface area (Å²) < 4.78 is 6.03. The number of nitrogens with one attached hydrogen (secondary N) is 1. The third kappa shape index (κ3) is 23.8. The molecule has 2 amide bonds. The van der Waals surface area contributed by atoms with Crippen LogP contribution in [0.3, 0.4) is 0 Å². The molecular weight excluding hydrogens is 775 g/mol. The van der Waals surface area contributed by atoms with Crippen molar-refractivity contribution in [3.63, 3.8) is 0 Å². The summed E-state index contributed by atoms with van der Waals surface area (Å²) in [4.78, 5) is 53.6. The predicted molar refractivity (Wildman–Crippen MR) is 245 cm³/mol. The lowest BCUT2D eigenvalue weighted by Crippen LogP contribution is -2.75. The highest BCUT2D eigenvalue weighted by molar-refractivity contribution is 6.06. The number of allylic oxidation sites excluding steroid dienone is 2. The van der Waals surface area contributed by atoms with E-state index in [1.165, 1.54) is 114 Å². The summed E-state index contributed by atoms with van der Waals surface area (Å²) in [6.45, 7) is 2.72. The maximum atomic E-state index is 14.1. The van der Waals surface area contributed by atoms with Gasteiger partial charge in [0.15, 0.2) is 11.6 Å². The van der Waals surface area contributed by atoms with Crippen LogP contribution in [0.2, 0.25) is 0 Å². The van der Waals surface area contributed by atoms with Gasteiger partial charge in [-0.1, -0.05) is 174 Å². The van der Waals surface area contributed by atoms with Crippen molar-refractivity contribution in [1.82, 2.24) is 10.2 Å². The number of ether oxygens (including phenoxy) is 1. The predicted octanol–water partition coefficient (Wildman–Crippen LogP) is 7.00. The van der Waals surface area contributed by atoms with Gasteiger partial charge < -0.3 is 41.7 Å². The van der Waals surface area contributed by atoms with Crippen molar-refractivity contribution in [2.45, 2.75) is 237 Å². The first-order valence-corrected chi connectivity index (χ1v) is 24.7. The van der Waals surface area contributed by atoms with Gasteiger partial charge in [0.25, 0.3) is 0 Å². The molecule has 61 heavy (non-hydrogen) atoms. The molecule has 1 heterocycles. The Morgan fingerprint density at radius 3 is 1.54 bits per heavy atom. The van der Waals surface area contributed by atoms with Crippen LogP contribution in [-0.4, -0.2) is 100 Å². The first-order chi connectivity index (χ1) is 29.5. The van der Waals surface area contributed by atoms with E-state index in [1.807, 2.05) is 0 Å². The molecule has 1 fully saturated rings. The van der Waals surface area contributed by atoms with Crippen molar-refractivity contribution < 1.29 is 39.2 Å². The molecule has 0 aromatic carbocycles. The molecule has 10 N–H and O–H groups in total. The Morgan fingerprint density at radius 1 is 0.672 bits per heavy atom. The Kier molecular flexibility index (Phi) is 33.6. The van der Waals surface area contributed by atoms with Gasteiger partial charge in [0, 0.05) is 13.0 Å². The lowest BCUT2D eigenvalue weighted by atomic mass is 9.82. The summed E-state index contributed by atoms with van der Waals surface area (Å²) in [6.07, 6.45) is 33.2. The molecule has 0 bridgehead atoms. The lowest BCUT2D eigenvalue weighted by molar-refractivity contribution is -0.291. The Morgan fingerprint density at radius 2 is 1.10 bits per heavy atom. The van der Waals surface area contributed by atoms with Crippen LogP contribution in [0.4, 0.5) is 0 Å². The lowest BCUT2D eigenvalue weighted by Gasteiger charge is -2.52. The minimum absolute atomic E-state index is 0.131. The molecule has 0 radical (unpaired) electrons. The average molecular weight is 866 g/mol. The van der Waals surface area contributed by atoms with E-state index in [-0.39, 0.29) is 18.9 Å². The number of carbonyl (C=O) groups excluding carboxylic acids is 4. The summed E-state index contributed by atoms with van der Waals surface area (Å²) in [6, 6.07) is -1.60. The van der Waals surface area contributed by atoms with E-state index in [9.17, 15) is 34.5 Å². The number of carbonyl (C=O) groups is 4. The van der Waals surface area contributed by atoms with Crippen LogP contribution in [0, 0.1) is 5.92 Å². The summed E-state index contributed by atoms with van der Waals surface area (Å²) in [5, 5.41) is 34.5. The zero-order valence-corrected chi connectivity index (χ0v) is 38.6. The van der Waals surface area contributed by atoms with Gasteiger partial charge in [-0.15, -0.1) is 0 Å². The number of aliphatic hydroxyl groups excluding tert-OH is 3. The van der Waals surface area contributed by atoms with Gasteiger partial charge in [-0.25, -0.2) is 0 Å². The van der Waals surface area contributed by atoms with Gasteiger partial charge in [0.1, 0.15) is 24.2 Å². The quantitative estimate of drug-likeness (QED) is 0.0144. The Bertz CT molecular complexity index is 1190. The number of Topliss-reactive ketones (excluding diaryl/α,β-unsaturated/α-hetero) is 2. The van der Waals surface area contributed by atoms with E-state index in [0.717, 1.165) is 64.2 Å². The van der Waals surface area contributed by atoms with E-state index in [0.29, 0.717) is 12.8 Å². The van der Waals surface area contributed by atoms with Crippen molar-refractivity contribution in [3.05, 3.63) is 12.2 Å². The number of ketones is 2. The van der Waals surface area contributed by atoms with Crippen LogP contribution in [-0.2, 0) is 23.9 Å². The van der Waals surface area contributed by atoms with Gasteiger partial charge in [0.05, 0.1) is 25.8 Å². The van der Waals surface area contributed by atoms with Crippen LogP contribution in [0.25, 0.3) is 0 Å². The summed E-state index contributed by atoms with van der Waals surface area (Å²) in [5.41, 5.74) is 17.9. The van der Waals surface area contributed by atoms with Gasteiger partial charge >= 0.3 is 0 Å². The number of hydrogen-bond acceptors (Lipinski definition) is 11. The van der Waals surface area contributed by atoms with Gasteiger partial charge in [-0.3, -0.25) is 24.9 Å². The molecule has 1 aliphatic heterocycles. The molecule has 356 valence electrons. The van der Waals surface area contributed by atoms with Crippen LogP contribution in [0.1, 0.15) is 206 Å². The average Bonchev–Trinajstić information content (AvgIpc) is 3.25. The number of aliphatic hydroxyl groups is 3. The molecule has 1 saturated heterocycles. The zero-order chi connectivity index (χ0) is 45.1. The van der Waals surface area contributed by atoms with Crippen LogP contribution in [0.5, 0.6) is 0 Å². The third-order valence-corrected chi connectivity index (χ3v) is 12.3. The van der Waals surface area contributed by atoms with E-state index >= 15 is 0 Å². The SMILES string of the molecule is CCCCCCCC/C=C\CCCCCCCC(=O)N(CCCCCCCCCCCCCCCCCC)[C@]1(N)O[C@H](CO)[C@@H](O)[C@H](O)[C@H]1C(=O)CNC(=O)C(N)C(=O)CN. The number of hydrogen-bond donors (Lipinski definition) is 7. The molecule has 1 unspecified atom stereocenters. The molecule has 0 aromatic heterocycles. The summed E-state index contributed by atoms with van der Waals surface area (Å²) in [5.74, 6) is -6.80. The van der Waals surface area contributed by atoms with Gasteiger partial charge in [-0.2, -0.15) is 0 Å². The minimum atomic E-state index is -2.24. The molecule has 6 atom stereocenters. The third-order valence-electron chi connectivity index (χ3n) is 12.3. The van der Waals surface area contributed by atoms with E-state index in [1.54, 1.807) is 0 Å². The van der Waals surface area contributed by atoms with Crippen molar-refractivity contribution >= 4 is 23.4 Å². The van der Waals surface area contributed by atoms with Crippen molar-refractivity contribution in [1.29, 1.82) is 0 Å². The van der Waals surface area contributed by atoms with Gasteiger partial charge in [0.2, 0.25) is 17.7 Å². The Balaban J connectivity index is 2.84. The standard InChI is InChI=1S/C48H91N5O8/c1-3-5-7-9-11-13-15-17-19-21-23-25-27-29-31-33-35-53(42(57)34-32-30-28-26-24-22-20-18-16-14-12-10-8-6-4-2)48(51)43(46(59)45(58)41(38-54)61-48)40(56)37-52-47(60)44(50)39(55)36-49/h18,20,41,43-46,54,58-59H,3-17,19,21-38,49-51H2,1-2H3,(H,52,60)/b20-18-/t41-,43-,44?,45-,46-,48+/m1/s1. The molecule has 13 nitrogen and oxygen atoms in total. The molecule has 0 aromatic rings. The number of rotatable bonds is 40. The largest absolute Gasteiger partial charge is 0.394 e. The van der Waals surface area contributed by atoms with Crippen LogP contribution < -0.4 is 22.5 Å². The molecule has 1 aliphatic rings. The van der Waals surface area contributed by atoms with E-state index < -0.39 is 73.3 Å². The van der Waals surface area contributed by atoms with Crippen molar-refractivity contribution in [2.24, 2.45) is 23.1 Å². The van der Waals surface area contributed by atoms with Crippen molar-refractivity contribution in [3.8, 4) is 0 Å². The first kappa shape index (κ1) is 56.8. The maximum Gasteiger partial charge on any atom is 0.245 e. The highest BCUT2D eigenvalue weighted by Gasteiger charge is 2.58. The fraction of sp³-hybridized carbons (Fsp3) is 0.875. The van der Waals surface area contributed by atoms with Crippen LogP contribution >= 0.6 is 0 Å². The Labute approximate surface area is 370 Å². The number of amides is 2. The fourth-order valence-corrected chi connectivity index (χ4v) is 8.31. The smallest absolute Gasteiger partial charge is 0.245 e. The highest BCUT2D eigenvalue weighted by Crippen LogP contribution is 2.36. The monoisotopic (exact) mass is 866 g/mol. The zero-order valence-electron chi connectivity index (χ0n) is 38.6. The number of unbranched alkanes of at least 4 members (excludes halogenated alkanes) is 26. The molecule has 0 spiro atoms. The summed E-state index contributed by atoms with van der Waals surface area (Å²) >= 11 is 0. The first-order valence-electron chi connectivity index (χ1n) is 24.7. The molecule has 0 saturated carbocycles.